The van der Waals surface area contributed by atoms with E-state index >= 15 is 0 Å². The van der Waals surface area contributed by atoms with E-state index in [0.717, 1.165) is 17.5 Å². The van der Waals surface area contributed by atoms with Crippen LogP contribution in [0.4, 0.5) is 0 Å². The van der Waals surface area contributed by atoms with Gasteiger partial charge >= 0.3 is 0 Å². The van der Waals surface area contributed by atoms with Crippen LogP contribution >= 0.6 is 0 Å². The van der Waals surface area contributed by atoms with Gasteiger partial charge in [0.15, 0.2) is 0 Å². The Morgan fingerprint density at radius 3 is 1.89 bits per heavy atom. The Bertz CT molecular complexity index is 886. The maximum Gasteiger partial charge on any atom is 0.245 e. The van der Waals surface area contributed by atoms with Crippen molar-refractivity contribution in [2.75, 3.05) is 60.3 Å². The van der Waals surface area contributed by atoms with Gasteiger partial charge in [-0.15, -0.1) is 0 Å². The predicted octanol–water partition coefficient (Wildman–Crippen LogP) is 2.96. The SMILES string of the molecule is CNC(=O)CCOCCOCc1ccc(C)cc1-c1cc(C)ccc1CCOCCOCC(=O)NC. The highest BCUT2D eigenvalue weighted by molar-refractivity contribution is 5.76. The predicted molar refractivity (Wildman–Crippen MR) is 140 cm³/mol. The molecule has 198 valence electrons. The lowest BCUT2D eigenvalue weighted by molar-refractivity contribution is -0.125. The third kappa shape index (κ3) is 10.9. The van der Waals surface area contributed by atoms with E-state index in [2.05, 4.69) is 60.9 Å². The van der Waals surface area contributed by atoms with Crippen LogP contribution in [0.1, 0.15) is 28.7 Å². The molecule has 2 N–H and O–H groups in total. The van der Waals surface area contributed by atoms with Gasteiger partial charge in [-0.05, 0) is 42.5 Å². The second-order valence-electron chi connectivity index (χ2n) is 8.50. The van der Waals surface area contributed by atoms with E-state index < -0.39 is 0 Å². The standard InChI is InChI=1S/C28H40N2O6/c1-21-5-7-23(9-11-33-14-16-36-20-28(32)30-4)25(17-21)26-18-22(2)6-8-24(26)19-35-15-13-34-12-10-27(31)29-3/h5-8,17-18H,9-16,19-20H2,1-4H3,(H,29,31)(H,30,32). The minimum atomic E-state index is -0.147. The highest BCUT2D eigenvalue weighted by Gasteiger charge is 2.12. The quantitative estimate of drug-likeness (QED) is 0.324. The highest BCUT2D eigenvalue weighted by atomic mass is 16.5. The minimum Gasteiger partial charge on any atom is -0.379 e. The maximum absolute atomic E-state index is 11.2. The van der Waals surface area contributed by atoms with Crippen LogP contribution < -0.4 is 10.6 Å². The molecular formula is C28H40N2O6. The lowest BCUT2D eigenvalue weighted by Crippen LogP contribution is -2.24. The zero-order valence-corrected chi connectivity index (χ0v) is 22.0. The van der Waals surface area contributed by atoms with Gasteiger partial charge in [-0.25, -0.2) is 0 Å². The van der Waals surface area contributed by atoms with Crippen molar-refractivity contribution >= 4 is 11.8 Å². The summed E-state index contributed by atoms with van der Waals surface area (Å²) >= 11 is 0. The Morgan fingerprint density at radius 1 is 0.667 bits per heavy atom. The Balaban J connectivity index is 1.93. The molecule has 8 nitrogen and oxygen atoms in total. The van der Waals surface area contributed by atoms with Gasteiger partial charge in [0, 0.05) is 20.5 Å². The molecule has 0 atom stereocenters. The van der Waals surface area contributed by atoms with Crippen LogP contribution in [0, 0.1) is 13.8 Å². The molecule has 0 unspecified atom stereocenters. The van der Waals surface area contributed by atoms with E-state index in [1.165, 1.54) is 22.3 Å². The first kappa shape index (κ1) is 29.5. The van der Waals surface area contributed by atoms with Crippen LogP contribution in [0.3, 0.4) is 0 Å². The van der Waals surface area contributed by atoms with Crippen molar-refractivity contribution in [2.45, 2.75) is 33.3 Å². The van der Waals surface area contributed by atoms with Gasteiger partial charge < -0.3 is 29.6 Å². The fourth-order valence-electron chi connectivity index (χ4n) is 3.56. The average Bonchev–Trinajstić information content (AvgIpc) is 2.88. The first-order chi connectivity index (χ1) is 17.4. The molecular weight excluding hydrogens is 460 g/mol. The molecule has 0 heterocycles. The molecule has 0 fully saturated rings. The number of aryl methyl sites for hydroxylation is 2. The number of ether oxygens (including phenoxy) is 4. The van der Waals surface area contributed by atoms with Gasteiger partial charge in [-0.2, -0.15) is 0 Å². The van der Waals surface area contributed by atoms with E-state index in [0.29, 0.717) is 52.7 Å². The Kier molecular flexibility index (Phi) is 13.8. The third-order valence-corrected chi connectivity index (χ3v) is 5.60. The first-order valence-electron chi connectivity index (χ1n) is 12.4. The van der Waals surface area contributed by atoms with Gasteiger partial charge in [-0.1, -0.05) is 47.5 Å². The zero-order valence-electron chi connectivity index (χ0n) is 22.0. The molecule has 0 aliphatic heterocycles. The largest absolute Gasteiger partial charge is 0.379 e. The molecule has 36 heavy (non-hydrogen) atoms. The molecule has 0 spiro atoms. The summed E-state index contributed by atoms with van der Waals surface area (Å²) in [5.41, 5.74) is 7.03. The number of likely N-dealkylation sites (N-methyl/N-ethyl adjacent to an activating group) is 1. The van der Waals surface area contributed by atoms with Gasteiger partial charge in [0.1, 0.15) is 6.61 Å². The minimum absolute atomic E-state index is 0.0334. The van der Waals surface area contributed by atoms with E-state index in [1.807, 2.05) is 0 Å². The summed E-state index contributed by atoms with van der Waals surface area (Å²) in [7, 11) is 3.20. The van der Waals surface area contributed by atoms with Crippen molar-refractivity contribution < 1.29 is 28.5 Å². The lowest BCUT2D eigenvalue weighted by Gasteiger charge is -2.16. The molecule has 0 radical (unpaired) electrons. The summed E-state index contributed by atoms with van der Waals surface area (Å²) < 4.78 is 22.4. The van der Waals surface area contributed by atoms with Crippen LogP contribution in [0.15, 0.2) is 36.4 Å². The topological polar surface area (TPSA) is 95.1 Å². The Morgan fingerprint density at radius 2 is 1.22 bits per heavy atom. The van der Waals surface area contributed by atoms with Crippen molar-refractivity contribution in [3.8, 4) is 11.1 Å². The van der Waals surface area contributed by atoms with Crippen LogP contribution in [0.5, 0.6) is 0 Å². The third-order valence-electron chi connectivity index (χ3n) is 5.60. The maximum atomic E-state index is 11.2. The molecule has 0 aliphatic carbocycles. The number of carbonyl (C=O) groups is 2. The summed E-state index contributed by atoms with van der Waals surface area (Å²) in [6, 6.07) is 12.9. The summed E-state index contributed by atoms with van der Waals surface area (Å²) in [4.78, 5) is 22.4. The van der Waals surface area contributed by atoms with E-state index in [-0.39, 0.29) is 18.4 Å². The normalized spacial score (nSPS) is 10.9. The van der Waals surface area contributed by atoms with E-state index in [4.69, 9.17) is 18.9 Å². The highest BCUT2D eigenvalue weighted by Crippen LogP contribution is 2.30. The van der Waals surface area contributed by atoms with E-state index in [9.17, 15) is 9.59 Å². The van der Waals surface area contributed by atoms with Crippen LogP contribution in [0.25, 0.3) is 11.1 Å². The number of hydrogen-bond acceptors (Lipinski definition) is 6. The van der Waals surface area contributed by atoms with E-state index in [1.54, 1.807) is 14.1 Å². The fourth-order valence-corrected chi connectivity index (χ4v) is 3.56. The summed E-state index contributed by atoms with van der Waals surface area (Å²) in [6.45, 7) is 7.36. The van der Waals surface area contributed by atoms with Gasteiger partial charge in [0.05, 0.1) is 46.2 Å². The molecule has 0 aliphatic rings. The molecule has 0 saturated heterocycles. The second kappa shape index (κ2) is 16.8. The lowest BCUT2D eigenvalue weighted by atomic mass is 9.91. The second-order valence-corrected chi connectivity index (χ2v) is 8.50. The smallest absolute Gasteiger partial charge is 0.245 e. The van der Waals surface area contributed by atoms with Gasteiger partial charge in [0.2, 0.25) is 11.8 Å². The first-order valence-corrected chi connectivity index (χ1v) is 12.4. The molecule has 0 bridgehead atoms. The van der Waals surface area contributed by atoms with Gasteiger partial charge in [-0.3, -0.25) is 9.59 Å². The van der Waals surface area contributed by atoms with Crippen molar-refractivity contribution in [1.82, 2.24) is 10.6 Å². The monoisotopic (exact) mass is 500 g/mol. The van der Waals surface area contributed by atoms with Crippen LogP contribution in [-0.4, -0.2) is 72.2 Å². The molecule has 2 aromatic carbocycles. The summed E-state index contributed by atoms with van der Waals surface area (Å²) in [6.07, 6.45) is 1.11. The molecule has 0 aromatic heterocycles. The number of rotatable bonds is 17. The molecule has 2 rings (SSSR count). The van der Waals surface area contributed by atoms with Crippen molar-refractivity contribution in [3.63, 3.8) is 0 Å². The Labute approximate surface area is 214 Å². The number of benzene rings is 2. The van der Waals surface area contributed by atoms with Crippen LogP contribution in [-0.2, 0) is 41.6 Å². The average molecular weight is 501 g/mol. The summed E-state index contributed by atoms with van der Waals surface area (Å²) in [5.74, 6) is -0.181. The van der Waals surface area contributed by atoms with Gasteiger partial charge in [0.25, 0.3) is 0 Å². The fraction of sp³-hybridized carbons (Fsp3) is 0.500. The number of carbonyl (C=O) groups excluding carboxylic acids is 2. The number of nitrogens with one attached hydrogen (secondary N) is 2. The van der Waals surface area contributed by atoms with Crippen LogP contribution in [0.2, 0.25) is 0 Å². The Hall–Kier alpha value is -2.78. The molecule has 8 heteroatoms. The number of amides is 2. The number of hydrogen-bond donors (Lipinski definition) is 2. The van der Waals surface area contributed by atoms with Crippen molar-refractivity contribution in [1.29, 1.82) is 0 Å². The van der Waals surface area contributed by atoms with Crippen molar-refractivity contribution in [3.05, 3.63) is 58.7 Å². The van der Waals surface area contributed by atoms with Crippen molar-refractivity contribution in [2.24, 2.45) is 0 Å². The molecule has 0 saturated carbocycles. The zero-order chi connectivity index (χ0) is 26.2. The molecule has 2 aromatic rings. The molecule has 2 amide bonds. The summed E-state index contributed by atoms with van der Waals surface area (Å²) in [5, 5.41) is 5.10.